The van der Waals surface area contributed by atoms with Gasteiger partial charge in [0.05, 0.1) is 12.6 Å². The normalized spacial score (nSPS) is 17.4. The summed E-state index contributed by atoms with van der Waals surface area (Å²) in [5.74, 6) is 0.850. The average Bonchev–Trinajstić information content (AvgIpc) is 3.14. The van der Waals surface area contributed by atoms with Gasteiger partial charge in [0.1, 0.15) is 0 Å². The average molecular weight is 219 g/mol. The molecule has 16 heavy (non-hydrogen) atoms. The van der Waals surface area contributed by atoms with Crippen molar-refractivity contribution in [3.05, 3.63) is 35.4 Å². The lowest BCUT2D eigenvalue weighted by Gasteiger charge is -2.19. The largest absolute Gasteiger partial charge is 0.394 e. The van der Waals surface area contributed by atoms with Gasteiger partial charge >= 0.3 is 0 Å². The van der Waals surface area contributed by atoms with Crippen LogP contribution in [0.25, 0.3) is 0 Å². The van der Waals surface area contributed by atoms with Crippen LogP contribution < -0.4 is 5.32 Å². The smallest absolute Gasteiger partial charge is 0.0626 e. The third-order valence-corrected chi connectivity index (χ3v) is 3.34. The van der Waals surface area contributed by atoms with Crippen LogP contribution in [0.3, 0.4) is 0 Å². The molecule has 0 aliphatic heterocycles. The number of hydrogen-bond donors (Lipinski definition) is 2. The van der Waals surface area contributed by atoms with E-state index in [1.165, 1.54) is 24.0 Å². The van der Waals surface area contributed by atoms with Gasteiger partial charge in [0.15, 0.2) is 0 Å². The highest BCUT2D eigenvalue weighted by atomic mass is 16.3. The van der Waals surface area contributed by atoms with Crippen LogP contribution in [-0.2, 0) is 6.42 Å². The van der Waals surface area contributed by atoms with Crippen molar-refractivity contribution in [1.82, 2.24) is 5.32 Å². The molecule has 2 nitrogen and oxygen atoms in total. The summed E-state index contributed by atoms with van der Waals surface area (Å²) in [5, 5.41) is 12.9. The predicted octanol–water partition coefficient (Wildman–Crippen LogP) is 2.28. The molecule has 0 spiro atoms. The summed E-state index contributed by atoms with van der Waals surface area (Å²) in [7, 11) is 0. The van der Waals surface area contributed by atoms with E-state index in [-0.39, 0.29) is 12.6 Å². The molecule has 0 aromatic heterocycles. The van der Waals surface area contributed by atoms with Gasteiger partial charge in [-0.2, -0.15) is 0 Å². The van der Waals surface area contributed by atoms with Gasteiger partial charge in [0.25, 0.3) is 0 Å². The van der Waals surface area contributed by atoms with Crippen LogP contribution in [-0.4, -0.2) is 18.3 Å². The molecule has 2 rings (SSSR count). The first-order valence-electron chi connectivity index (χ1n) is 6.27. The van der Waals surface area contributed by atoms with Crippen molar-refractivity contribution in [3.8, 4) is 0 Å². The van der Waals surface area contributed by atoms with Crippen molar-refractivity contribution in [3.63, 3.8) is 0 Å². The number of aryl methyl sites for hydroxylation is 1. The summed E-state index contributed by atoms with van der Waals surface area (Å²) < 4.78 is 0. The highest BCUT2D eigenvalue weighted by Gasteiger charge is 2.22. The molecule has 2 heteroatoms. The third kappa shape index (κ3) is 2.83. The maximum absolute atomic E-state index is 9.47. The molecular formula is C14H21NO. The van der Waals surface area contributed by atoms with Crippen molar-refractivity contribution in [1.29, 1.82) is 0 Å². The fourth-order valence-corrected chi connectivity index (χ4v) is 2.10. The van der Waals surface area contributed by atoms with Crippen molar-refractivity contribution in [2.24, 2.45) is 5.92 Å². The van der Waals surface area contributed by atoms with Gasteiger partial charge in [-0.25, -0.2) is 0 Å². The van der Waals surface area contributed by atoms with Crippen LogP contribution in [0.5, 0.6) is 0 Å². The molecule has 1 aromatic carbocycles. The van der Waals surface area contributed by atoms with Gasteiger partial charge in [-0.1, -0.05) is 31.2 Å². The Morgan fingerprint density at radius 1 is 1.38 bits per heavy atom. The number of aliphatic hydroxyl groups is 1. The molecule has 1 saturated carbocycles. The van der Waals surface area contributed by atoms with Crippen LogP contribution in [0.1, 0.15) is 36.9 Å². The molecule has 0 bridgehead atoms. The minimum Gasteiger partial charge on any atom is -0.394 e. The van der Waals surface area contributed by atoms with Crippen LogP contribution in [0, 0.1) is 5.92 Å². The topological polar surface area (TPSA) is 32.3 Å². The highest BCUT2D eigenvalue weighted by Crippen LogP contribution is 2.29. The first-order valence-corrected chi connectivity index (χ1v) is 6.27. The van der Waals surface area contributed by atoms with E-state index in [1.807, 2.05) is 0 Å². The van der Waals surface area contributed by atoms with E-state index in [9.17, 15) is 5.11 Å². The van der Waals surface area contributed by atoms with Crippen LogP contribution in [0.2, 0.25) is 0 Å². The minimum absolute atomic E-state index is 0.108. The van der Waals surface area contributed by atoms with E-state index in [2.05, 4.69) is 36.5 Å². The van der Waals surface area contributed by atoms with Gasteiger partial charge in [-0.15, -0.1) is 0 Å². The molecule has 0 amide bonds. The van der Waals surface area contributed by atoms with Crippen molar-refractivity contribution >= 4 is 0 Å². The maximum Gasteiger partial charge on any atom is 0.0626 e. The SMILES string of the molecule is CCc1ccccc1C(CO)NCC1CC1. The molecule has 0 heterocycles. The molecule has 1 atom stereocenters. The molecule has 1 aliphatic carbocycles. The number of hydrogen-bond acceptors (Lipinski definition) is 2. The van der Waals surface area contributed by atoms with Crippen molar-refractivity contribution < 1.29 is 5.11 Å². The lowest BCUT2D eigenvalue weighted by molar-refractivity contribution is 0.243. The van der Waals surface area contributed by atoms with E-state index < -0.39 is 0 Å². The Balaban J connectivity index is 2.04. The Kier molecular flexibility index (Phi) is 3.97. The number of aliphatic hydroxyl groups excluding tert-OH is 1. The van der Waals surface area contributed by atoms with Gasteiger partial charge in [-0.3, -0.25) is 0 Å². The van der Waals surface area contributed by atoms with Crippen LogP contribution >= 0.6 is 0 Å². The fraction of sp³-hybridized carbons (Fsp3) is 0.571. The summed E-state index contributed by atoms with van der Waals surface area (Å²) in [5.41, 5.74) is 2.60. The Morgan fingerprint density at radius 3 is 2.75 bits per heavy atom. The molecule has 1 aromatic rings. The van der Waals surface area contributed by atoms with Crippen LogP contribution in [0.15, 0.2) is 24.3 Å². The Labute approximate surface area is 97.7 Å². The monoisotopic (exact) mass is 219 g/mol. The van der Waals surface area contributed by atoms with E-state index in [1.54, 1.807) is 0 Å². The van der Waals surface area contributed by atoms with E-state index in [4.69, 9.17) is 0 Å². The van der Waals surface area contributed by atoms with Crippen LogP contribution in [0.4, 0.5) is 0 Å². The Bertz CT molecular complexity index is 333. The third-order valence-electron chi connectivity index (χ3n) is 3.34. The zero-order chi connectivity index (χ0) is 11.4. The zero-order valence-corrected chi connectivity index (χ0v) is 9.95. The minimum atomic E-state index is 0.108. The first kappa shape index (κ1) is 11.6. The maximum atomic E-state index is 9.47. The lowest BCUT2D eigenvalue weighted by atomic mass is 9.99. The predicted molar refractivity (Wildman–Crippen MR) is 66.4 cm³/mol. The zero-order valence-electron chi connectivity index (χ0n) is 9.95. The molecular weight excluding hydrogens is 198 g/mol. The second kappa shape index (κ2) is 5.46. The lowest BCUT2D eigenvalue weighted by Crippen LogP contribution is -2.27. The summed E-state index contributed by atoms with van der Waals surface area (Å²) >= 11 is 0. The highest BCUT2D eigenvalue weighted by molar-refractivity contribution is 5.30. The summed E-state index contributed by atoms with van der Waals surface area (Å²) in [4.78, 5) is 0. The molecule has 0 saturated heterocycles. The molecule has 1 aliphatic rings. The van der Waals surface area contributed by atoms with Gasteiger partial charge in [-0.05, 0) is 42.9 Å². The molecule has 1 unspecified atom stereocenters. The Morgan fingerprint density at radius 2 is 2.12 bits per heavy atom. The quantitative estimate of drug-likeness (QED) is 0.769. The second-order valence-electron chi connectivity index (χ2n) is 4.64. The van der Waals surface area contributed by atoms with E-state index in [0.29, 0.717) is 0 Å². The second-order valence-corrected chi connectivity index (χ2v) is 4.64. The van der Waals surface area contributed by atoms with Crippen molar-refractivity contribution in [2.75, 3.05) is 13.2 Å². The van der Waals surface area contributed by atoms with Crippen molar-refractivity contribution in [2.45, 2.75) is 32.2 Å². The van der Waals surface area contributed by atoms with E-state index in [0.717, 1.165) is 18.9 Å². The molecule has 0 radical (unpaired) electrons. The first-order chi connectivity index (χ1) is 7.85. The van der Waals surface area contributed by atoms with Gasteiger partial charge in [0.2, 0.25) is 0 Å². The standard InChI is InChI=1S/C14H21NO/c1-2-12-5-3-4-6-13(12)14(10-16)15-9-11-7-8-11/h3-6,11,14-16H,2,7-10H2,1H3. The molecule has 1 fully saturated rings. The van der Waals surface area contributed by atoms with Gasteiger partial charge < -0.3 is 10.4 Å². The number of rotatable bonds is 6. The van der Waals surface area contributed by atoms with Gasteiger partial charge in [0, 0.05) is 0 Å². The number of benzene rings is 1. The summed E-state index contributed by atoms with van der Waals surface area (Å²) in [6.07, 6.45) is 3.72. The molecule has 2 N–H and O–H groups in total. The Hall–Kier alpha value is -0.860. The summed E-state index contributed by atoms with van der Waals surface area (Å²) in [6, 6.07) is 8.50. The molecule has 88 valence electrons. The van der Waals surface area contributed by atoms with E-state index >= 15 is 0 Å². The number of nitrogens with one attached hydrogen (secondary N) is 1. The fourth-order valence-electron chi connectivity index (χ4n) is 2.10. The summed E-state index contributed by atoms with van der Waals surface area (Å²) in [6.45, 7) is 3.39.